The lowest BCUT2D eigenvalue weighted by Gasteiger charge is -2.25. The van der Waals surface area contributed by atoms with Gasteiger partial charge in [-0.2, -0.15) is 15.0 Å². The van der Waals surface area contributed by atoms with E-state index in [0.29, 0.717) is 12.6 Å². The predicted molar refractivity (Wildman–Crippen MR) is 66.5 cm³/mol. The van der Waals surface area contributed by atoms with E-state index in [-0.39, 0.29) is 11.3 Å². The molecule has 0 aromatic carbocycles. The largest absolute Gasteiger partial charge is 0.464 e. The van der Waals surface area contributed by atoms with Gasteiger partial charge in [-0.1, -0.05) is 19.3 Å². The second-order valence-corrected chi connectivity index (χ2v) is 4.49. The van der Waals surface area contributed by atoms with Gasteiger partial charge in [0.1, 0.15) is 0 Å². The number of aromatic nitrogens is 3. The monoisotopic (exact) mass is 256 g/mol. The molecule has 1 aliphatic carbocycles. The molecule has 2 rings (SSSR count). The summed E-state index contributed by atoms with van der Waals surface area (Å²) in [5.74, 6) is 1.36. The van der Waals surface area contributed by atoms with Crippen molar-refractivity contribution in [2.75, 3.05) is 18.5 Å². The molecule has 0 amide bonds. The van der Waals surface area contributed by atoms with Crippen molar-refractivity contribution in [2.45, 2.75) is 32.6 Å². The van der Waals surface area contributed by atoms with Gasteiger partial charge in [0.2, 0.25) is 11.2 Å². The lowest BCUT2D eigenvalue weighted by molar-refractivity contribution is 0.302. The minimum absolute atomic E-state index is 0.162. The molecule has 1 aromatic heterocycles. The van der Waals surface area contributed by atoms with Crippen molar-refractivity contribution in [2.24, 2.45) is 5.92 Å². The third-order valence-electron chi connectivity index (χ3n) is 2.92. The zero-order valence-electron chi connectivity index (χ0n) is 9.95. The molecule has 94 valence electrons. The molecule has 0 spiro atoms. The summed E-state index contributed by atoms with van der Waals surface area (Å²) in [6, 6.07) is 0.277. The van der Waals surface area contributed by atoms with Crippen LogP contribution in [0.25, 0.3) is 0 Å². The van der Waals surface area contributed by atoms with Crippen LogP contribution in [0.4, 0.5) is 5.95 Å². The molecule has 1 aromatic rings. The molecule has 0 radical (unpaired) electrons. The first-order chi connectivity index (χ1) is 8.28. The minimum atomic E-state index is 0.162. The molecule has 1 saturated carbocycles. The highest BCUT2D eigenvalue weighted by molar-refractivity contribution is 6.28. The van der Waals surface area contributed by atoms with Crippen LogP contribution in [0.1, 0.15) is 32.6 Å². The lowest BCUT2D eigenvalue weighted by atomic mass is 9.83. The van der Waals surface area contributed by atoms with E-state index >= 15 is 0 Å². The second-order valence-electron chi connectivity index (χ2n) is 4.16. The SMILES string of the molecule is CCOc1nc(Cl)nc(NCCC2CCC2)n1. The van der Waals surface area contributed by atoms with Gasteiger partial charge in [-0.25, -0.2) is 0 Å². The Bertz CT molecular complexity index is 370. The van der Waals surface area contributed by atoms with Crippen LogP contribution in [0.5, 0.6) is 6.01 Å². The molecule has 0 atom stereocenters. The van der Waals surface area contributed by atoms with Crippen molar-refractivity contribution in [3.8, 4) is 6.01 Å². The Balaban J connectivity index is 1.85. The molecule has 1 fully saturated rings. The first-order valence-electron chi connectivity index (χ1n) is 6.06. The molecule has 17 heavy (non-hydrogen) atoms. The maximum Gasteiger partial charge on any atom is 0.322 e. The normalized spacial score (nSPS) is 15.4. The number of nitrogens with zero attached hydrogens (tertiary/aromatic N) is 3. The van der Waals surface area contributed by atoms with E-state index in [9.17, 15) is 0 Å². The maximum absolute atomic E-state index is 5.78. The van der Waals surface area contributed by atoms with E-state index < -0.39 is 0 Å². The van der Waals surface area contributed by atoms with Crippen LogP contribution in [0.15, 0.2) is 0 Å². The standard InChI is InChI=1S/C11H17ClN4O/c1-2-17-11-15-9(12)14-10(16-11)13-7-6-8-4-3-5-8/h8H,2-7H2,1H3,(H,13,14,15,16). The Labute approximate surface area is 106 Å². The van der Waals surface area contributed by atoms with Crippen molar-refractivity contribution in [1.29, 1.82) is 0 Å². The summed E-state index contributed by atoms with van der Waals surface area (Å²) in [7, 11) is 0. The third-order valence-corrected chi connectivity index (χ3v) is 3.09. The summed E-state index contributed by atoms with van der Waals surface area (Å²) in [4.78, 5) is 12.0. The molecule has 1 N–H and O–H groups in total. The summed E-state index contributed by atoms with van der Waals surface area (Å²) in [5, 5.41) is 3.32. The minimum Gasteiger partial charge on any atom is -0.464 e. The predicted octanol–water partition coefficient (Wildman–Crippen LogP) is 2.53. The van der Waals surface area contributed by atoms with Gasteiger partial charge in [0.15, 0.2) is 0 Å². The molecule has 5 nitrogen and oxygen atoms in total. The Morgan fingerprint density at radius 3 is 2.82 bits per heavy atom. The summed E-state index contributed by atoms with van der Waals surface area (Å²) < 4.78 is 5.20. The summed E-state index contributed by atoms with van der Waals surface area (Å²) in [6.45, 7) is 3.26. The van der Waals surface area contributed by atoms with Crippen molar-refractivity contribution in [3.63, 3.8) is 0 Å². The molecule has 6 heteroatoms. The van der Waals surface area contributed by atoms with Gasteiger partial charge in [0.25, 0.3) is 0 Å². The average Bonchev–Trinajstić information content (AvgIpc) is 2.21. The van der Waals surface area contributed by atoms with E-state index in [1.54, 1.807) is 0 Å². The topological polar surface area (TPSA) is 59.9 Å². The van der Waals surface area contributed by atoms with Gasteiger partial charge in [0.05, 0.1) is 6.61 Å². The van der Waals surface area contributed by atoms with Crippen LogP contribution in [-0.2, 0) is 0 Å². The zero-order valence-corrected chi connectivity index (χ0v) is 10.7. The van der Waals surface area contributed by atoms with Crippen LogP contribution in [0, 0.1) is 5.92 Å². The van der Waals surface area contributed by atoms with Crippen molar-refractivity contribution >= 4 is 17.5 Å². The molecule has 0 bridgehead atoms. The van der Waals surface area contributed by atoms with E-state index in [0.717, 1.165) is 18.9 Å². The number of hydrogen-bond acceptors (Lipinski definition) is 5. The summed E-state index contributed by atoms with van der Waals surface area (Å²) in [5.41, 5.74) is 0. The first kappa shape index (κ1) is 12.4. The first-order valence-corrected chi connectivity index (χ1v) is 6.44. The highest BCUT2D eigenvalue weighted by Crippen LogP contribution is 2.29. The second kappa shape index (κ2) is 6.00. The van der Waals surface area contributed by atoms with Gasteiger partial charge < -0.3 is 10.1 Å². The third kappa shape index (κ3) is 3.70. The van der Waals surface area contributed by atoms with E-state index in [4.69, 9.17) is 16.3 Å². The van der Waals surface area contributed by atoms with Crippen LogP contribution in [0.2, 0.25) is 5.28 Å². The molecule has 1 aliphatic rings. The Hall–Kier alpha value is -1.10. The highest BCUT2D eigenvalue weighted by atomic mass is 35.5. The Kier molecular flexibility index (Phi) is 4.36. The number of nitrogens with one attached hydrogen (secondary N) is 1. The molecule has 1 heterocycles. The van der Waals surface area contributed by atoms with Crippen LogP contribution in [0.3, 0.4) is 0 Å². The van der Waals surface area contributed by atoms with Crippen LogP contribution >= 0.6 is 11.6 Å². The number of ether oxygens (including phenoxy) is 1. The van der Waals surface area contributed by atoms with Gasteiger partial charge in [0, 0.05) is 6.54 Å². The van der Waals surface area contributed by atoms with E-state index in [2.05, 4.69) is 20.3 Å². The number of hydrogen-bond donors (Lipinski definition) is 1. The fourth-order valence-electron chi connectivity index (χ4n) is 1.77. The van der Waals surface area contributed by atoms with Gasteiger partial charge in [-0.15, -0.1) is 0 Å². The summed E-state index contributed by atoms with van der Waals surface area (Å²) >= 11 is 5.78. The van der Waals surface area contributed by atoms with Gasteiger partial charge >= 0.3 is 6.01 Å². The van der Waals surface area contributed by atoms with Crippen molar-refractivity contribution in [3.05, 3.63) is 5.28 Å². The zero-order chi connectivity index (χ0) is 12.1. The summed E-state index contributed by atoms with van der Waals surface area (Å²) in [6.07, 6.45) is 5.23. The van der Waals surface area contributed by atoms with E-state index in [1.807, 2.05) is 6.92 Å². The lowest BCUT2D eigenvalue weighted by Crippen LogP contribution is -2.16. The van der Waals surface area contributed by atoms with Crippen LogP contribution < -0.4 is 10.1 Å². The molecule has 0 unspecified atom stereocenters. The van der Waals surface area contributed by atoms with Crippen molar-refractivity contribution in [1.82, 2.24) is 15.0 Å². The average molecular weight is 257 g/mol. The fraction of sp³-hybridized carbons (Fsp3) is 0.727. The molecular weight excluding hydrogens is 240 g/mol. The highest BCUT2D eigenvalue weighted by Gasteiger charge is 2.16. The van der Waals surface area contributed by atoms with Gasteiger partial charge in [-0.05, 0) is 30.9 Å². The smallest absolute Gasteiger partial charge is 0.322 e. The number of rotatable bonds is 6. The fourth-order valence-corrected chi connectivity index (χ4v) is 1.93. The van der Waals surface area contributed by atoms with E-state index in [1.165, 1.54) is 19.3 Å². The number of anilines is 1. The Morgan fingerprint density at radius 2 is 2.18 bits per heavy atom. The Morgan fingerprint density at radius 1 is 1.35 bits per heavy atom. The van der Waals surface area contributed by atoms with Crippen molar-refractivity contribution < 1.29 is 4.74 Å². The molecule has 0 saturated heterocycles. The molecular formula is C11H17ClN4O. The van der Waals surface area contributed by atoms with Crippen LogP contribution in [-0.4, -0.2) is 28.1 Å². The molecule has 0 aliphatic heterocycles. The van der Waals surface area contributed by atoms with Gasteiger partial charge in [-0.3, -0.25) is 0 Å². The quantitative estimate of drug-likeness (QED) is 0.848. The number of halogens is 1. The maximum atomic E-state index is 5.78.